The van der Waals surface area contributed by atoms with Crippen LogP contribution in [-0.2, 0) is 20.8 Å². The predicted octanol–water partition coefficient (Wildman–Crippen LogP) is 0.351. The molecule has 0 spiro atoms. The van der Waals surface area contributed by atoms with Gasteiger partial charge in [-0.1, -0.05) is 0 Å². The Morgan fingerprint density at radius 2 is 1.76 bits per heavy atom. The number of anilines is 1. The first kappa shape index (κ1) is 22.4. The van der Waals surface area contributed by atoms with Crippen molar-refractivity contribution in [1.82, 2.24) is 0 Å². The minimum atomic E-state index is -2.69. The molecule has 1 heterocycles. The number of ketones is 2. The molecule has 1 aliphatic heterocycles. The molecule has 0 aromatic heterocycles. The molecule has 0 unspecified atom stereocenters. The van der Waals surface area contributed by atoms with Crippen LogP contribution in [0.1, 0.15) is 36.8 Å². The summed E-state index contributed by atoms with van der Waals surface area (Å²) in [5.41, 5.74) is 9.14. The van der Waals surface area contributed by atoms with Gasteiger partial charge in [0.1, 0.15) is 22.8 Å². The summed E-state index contributed by atoms with van der Waals surface area (Å²) in [6.07, 6.45) is 3.43. The van der Waals surface area contributed by atoms with Crippen molar-refractivity contribution in [2.45, 2.75) is 43.7 Å². The molecule has 4 atom stereocenters. The Morgan fingerprint density at radius 1 is 1.09 bits per heavy atom. The van der Waals surface area contributed by atoms with Gasteiger partial charge in [-0.2, -0.15) is 0 Å². The van der Waals surface area contributed by atoms with Crippen LogP contribution in [-0.4, -0.2) is 62.6 Å². The lowest BCUT2D eigenvalue weighted by atomic mass is 9.58. The van der Waals surface area contributed by atoms with Crippen molar-refractivity contribution in [2.24, 2.45) is 23.3 Å². The lowest BCUT2D eigenvalue weighted by Gasteiger charge is -2.48. The molecule has 1 saturated heterocycles. The van der Waals surface area contributed by atoms with Gasteiger partial charge in [-0.3, -0.25) is 14.4 Å². The quantitative estimate of drug-likeness (QED) is 0.332. The van der Waals surface area contributed by atoms with Crippen LogP contribution < -0.4 is 16.4 Å². The van der Waals surface area contributed by atoms with Crippen LogP contribution in [0.15, 0.2) is 29.0 Å². The number of amides is 1. The van der Waals surface area contributed by atoms with E-state index in [9.17, 15) is 34.8 Å². The number of nitrogens with zero attached hydrogens (tertiary/aromatic N) is 1. The zero-order chi connectivity index (χ0) is 24.5. The molecule has 8 N–H and O–H groups in total. The Hall–Kier alpha value is -3.37. The number of rotatable bonds is 2. The van der Waals surface area contributed by atoms with Crippen LogP contribution in [0, 0.1) is 11.8 Å². The molecule has 1 aromatic rings. The fourth-order valence-electron chi connectivity index (χ4n) is 6.13. The Morgan fingerprint density at radius 3 is 2.41 bits per heavy atom. The standard InChI is InChI=1S/C24H27N3O7/c25-18-12-9-10-8-11-13(27-6-2-1-3-7-27)4-5-14(28)16(11)19(29)15(10)21(31)24(12,34)22(32)17(20(18)30)23(26)33/h4-5,10,12,18,28-29,32,34H,1-3,6-9,25H2,(H2,26,33)/t10-,12-,18+,24-/m0/s1. The summed E-state index contributed by atoms with van der Waals surface area (Å²) in [7, 11) is 0. The summed E-state index contributed by atoms with van der Waals surface area (Å²) in [5, 5.41) is 43.8. The summed E-state index contributed by atoms with van der Waals surface area (Å²) >= 11 is 0. The van der Waals surface area contributed by atoms with Gasteiger partial charge in [-0.15, -0.1) is 0 Å². The Balaban J connectivity index is 1.68. The number of hydrogen-bond donors (Lipinski definition) is 6. The lowest BCUT2D eigenvalue weighted by Crippen LogP contribution is -2.65. The Bertz CT molecular complexity index is 1200. The summed E-state index contributed by atoms with van der Waals surface area (Å²) < 4.78 is 0. The first-order valence-electron chi connectivity index (χ1n) is 11.4. The molecule has 1 saturated carbocycles. The van der Waals surface area contributed by atoms with Gasteiger partial charge in [0, 0.05) is 30.3 Å². The van der Waals surface area contributed by atoms with Crippen LogP contribution in [0.3, 0.4) is 0 Å². The largest absolute Gasteiger partial charge is 0.508 e. The van der Waals surface area contributed by atoms with Crippen molar-refractivity contribution in [1.29, 1.82) is 0 Å². The summed E-state index contributed by atoms with van der Waals surface area (Å²) in [6, 6.07) is 1.81. The van der Waals surface area contributed by atoms with Crippen molar-refractivity contribution < 1.29 is 34.8 Å². The number of phenols is 1. The summed E-state index contributed by atoms with van der Waals surface area (Å²) in [5.74, 6) is -6.97. The number of hydrogen-bond acceptors (Lipinski definition) is 9. The van der Waals surface area contributed by atoms with Crippen LogP contribution in [0.4, 0.5) is 5.69 Å². The van der Waals surface area contributed by atoms with Crippen LogP contribution >= 0.6 is 0 Å². The van der Waals surface area contributed by atoms with E-state index in [1.54, 1.807) is 6.07 Å². The average molecular weight is 469 g/mol. The van der Waals surface area contributed by atoms with Gasteiger partial charge in [-0.25, -0.2) is 0 Å². The fourth-order valence-corrected chi connectivity index (χ4v) is 6.13. The third kappa shape index (κ3) is 2.85. The number of phenolic OH excluding ortho intramolecular Hbond substituents is 1. The van der Waals surface area contributed by atoms with E-state index in [0.29, 0.717) is 5.56 Å². The molecule has 4 aliphatic rings. The molecular formula is C24H27N3O7. The maximum absolute atomic E-state index is 13.6. The Labute approximate surface area is 195 Å². The minimum Gasteiger partial charge on any atom is -0.508 e. The van der Waals surface area contributed by atoms with E-state index >= 15 is 0 Å². The summed E-state index contributed by atoms with van der Waals surface area (Å²) in [6.45, 7) is 1.66. The number of Topliss-reactive ketones (excluding diaryl/α,β-unsaturated/α-hetero) is 2. The van der Waals surface area contributed by atoms with E-state index in [2.05, 4.69) is 4.90 Å². The van der Waals surface area contributed by atoms with Crippen molar-refractivity contribution in [3.05, 3.63) is 40.2 Å². The highest BCUT2D eigenvalue weighted by Gasteiger charge is 2.63. The highest BCUT2D eigenvalue weighted by Crippen LogP contribution is 2.53. The lowest BCUT2D eigenvalue weighted by molar-refractivity contribution is -0.149. The highest BCUT2D eigenvalue weighted by molar-refractivity contribution is 6.24. The van der Waals surface area contributed by atoms with Gasteiger partial charge in [0.15, 0.2) is 11.4 Å². The van der Waals surface area contributed by atoms with Crippen molar-refractivity contribution in [3.63, 3.8) is 0 Å². The molecule has 0 radical (unpaired) electrons. The molecule has 180 valence electrons. The molecular weight excluding hydrogens is 442 g/mol. The average Bonchev–Trinajstić information content (AvgIpc) is 2.80. The maximum atomic E-state index is 13.6. The van der Waals surface area contributed by atoms with Gasteiger partial charge in [0.25, 0.3) is 5.91 Å². The normalized spacial score (nSPS) is 31.2. The second-order valence-electron chi connectivity index (χ2n) is 9.58. The molecule has 1 amide bonds. The zero-order valence-electron chi connectivity index (χ0n) is 18.5. The second-order valence-corrected chi connectivity index (χ2v) is 9.58. The molecule has 1 aromatic carbocycles. The highest BCUT2D eigenvalue weighted by atomic mass is 16.3. The molecule has 10 heteroatoms. The van der Waals surface area contributed by atoms with Gasteiger partial charge in [-0.05, 0) is 55.7 Å². The smallest absolute Gasteiger partial charge is 0.255 e. The first-order valence-corrected chi connectivity index (χ1v) is 11.4. The van der Waals surface area contributed by atoms with Gasteiger partial charge < -0.3 is 36.8 Å². The van der Waals surface area contributed by atoms with Gasteiger partial charge >= 0.3 is 0 Å². The van der Waals surface area contributed by atoms with Crippen molar-refractivity contribution >= 4 is 28.9 Å². The number of aliphatic hydroxyl groups excluding tert-OH is 2. The van der Waals surface area contributed by atoms with E-state index in [-0.39, 0.29) is 29.7 Å². The molecule has 5 rings (SSSR count). The molecule has 0 bridgehead atoms. The molecule has 34 heavy (non-hydrogen) atoms. The zero-order valence-corrected chi connectivity index (χ0v) is 18.5. The van der Waals surface area contributed by atoms with E-state index in [4.69, 9.17) is 11.5 Å². The Kier molecular flexibility index (Phi) is 4.99. The number of carbonyl (C=O) groups is 3. The monoisotopic (exact) mass is 469 g/mol. The van der Waals surface area contributed by atoms with Crippen LogP contribution in [0.5, 0.6) is 5.75 Å². The number of primary amides is 1. The second kappa shape index (κ2) is 7.57. The van der Waals surface area contributed by atoms with E-state index in [0.717, 1.165) is 38.0 Å². The maximum Gasteiger partial charge on any atom is 0.255 e. The number of aliphatic hydroxyl groups is 3. The van der Waals surface area contributed by atoms with E-state index in [1.165, 1.54) is 6.07 Å². The van der Waals surface area contributed by atoms with Crippen molar-refractivity contribution in [3.8, 4) is 5.75 Å². The number of carbonyl (C=O) groups excluding carboxylic acids is 3. The molecule has 2 fully saturated rings. The number of aromatic hydroxyl groups is 1. The summed E-state index contributed by atoms with van der Waals surface area (Å²) in [4.78, 5) is 40.2. The molecule has 3 aliphatic carbocycles. The van der Waals surface area contributed by atoms with Crippen molar-refractivity contribution in [2.75, 3.05) is 18.0 Å². The van der Waals surface area contributed by atoms with E-state index < -0.39 is 58.0 Å². The van der Waals surface area contributed by atoms with E-state index in [1.807, 2.05) is 0 Å². The predicted molar refractivity (Wildman–Crippen MR) is 121 cm³/mol. The van der Waals surface area contributed by atoms with Crippen LogP contribution in [0.25, 0.3) is 5.76 Å². The topological polar surface area (TPSA) is 187 Å². The minimum absolute atomic E-state index is 0.000815. The number of benzene rings is 1. The third-order valence-electron chi connectivity index (χ3n) is 7.81. The number of fused-ring (bicyclic) bond motifs is 3. The third-order valence-corrected chi connectivity index (χ3v) is 7.81. The fraction of sp³-hybridized carbons (Fsp3) is 0.458. The molecule has 10 nitrogen and oxygen atoms in total. The van der Waals surface area contributed by atoms with Gasteiger partial charge in [0.05, 0.1) is 11.6 Å². The number of piperidine rings is 1. The first-order chi connectivity index (χ1) is 16.1. The van der Waals surface area contributed by atoms with Crippen LogP contribution in [0.2, 0.25) is 0 Å². The SMILES string of the molecule is NC(=O)C1=C(O)[C@@]2(O)C(=O)C3=C(O)c4c(O)ccc(N5CCCCC5)c4C[C@H]3C[C@H]2[C@@H](N)C1=O. The number of nitrogens with two attached hydrogens (primary N) is 2. The van der Waals surface area contributed by atoms with Gasteiger partial charge in [0.2, 0.25) is 5.78 Å².